The number of ether oxygens (including phenoxy) is 1. The second-order valence-corrected chi connectivity index (χ2v) is 6.45. The number of rotatable bonds is 2. The highest BCUT2D eigenvalue weighted by Crippen LogP contribution is 2.57. The van der Waals surface area contributed by atoms with E-state index in [9.17, 15) is 4.79 Å². The molecule has 2 bridgehead atoms. The van der Waals surface area contributed by atoms with Crippen molar-refractivity contribution in [1.29, 1.82) is 0 Å². The molecule has 2 aromatic rings. The first-order valence-electron chi connectivity index (χ1n) is 8.09. The summed E-state index contributed by atoms with van der Waals surface area (Å²) in [5.41, 5.74) is 4.33. The molecule has 114 valence electrons. The molecule has 1 spiro atoms. The van der Waals surface area contributed by atoms with Crippen LogP contribution in [0.4, 0.5) is 5.69 Å². The summed E-state index contributed by atoms with van der Waals surface area (Å²) in [6.07, 6.45) is 3.83. The van der Waals surface area contributed by atoms with Crippen LogP contribution in [0.15, 0.2) is 55.1 Å². The highest BCUT2D eigenvalue weighted by Gasteiger charge is 2.55. The molecular weight excluding hydrogens is 286 g/mol. The molecule has 3 nitrogen and oxygen atoms in total. The van der Waals surface area contributed by atoms with E-state index in [0.717, 1.165) is 47.3 Å². The van der Waals surface area contributed by atoms with E-state index >= 15 is 0 Å². The zero-order chi connectivity index (χ0) is 15.6. The fourth-order valence-electron chi connectivity index (χ4n) is 4.49. The van der Waals surface area contributed by atoms with Crippen LogP contribution in [-0.4, -0.2) is 18.6 Å². The van der Waals surface area contributed by atoms with Crippen molar-refractivity contribution in [1.82, 2.24) is 0 Å². The lowest BCUT2D eigenvalue weighted by atomic mass is 9.72. The maximum Gasteiger partial charge on any atom is 0.193 e. The Hall–Kier alpha value is -2.39. The van der Waals surface area contributed by atoms with Crippen LogP contribution in [-0.2, 0) is 10.3 Å². The third-order valence-corrected chi connectivity index (χ3v) is 5.36. The van der Waals surface area contributed by atoms with Crippen molar-refractivity contribution in [3.8, 4) is 0 Å². The molecule has 23 heavy (non-hydrogen) atoms. The van der Waals surface area contributed by atoms with Crippen LogP contribution < -0.4 is 4.90 Å². The second-order valence-electron chi connectivity index (χ2n) is 6.45. The van der Waals surface area contributed by atoms with Gasteiger partial charge in [-0.3, -0.25) is 4.79 Å². The minimum Gasteiger partial charge on any atom is -0.342 e. The Morgan fingerprint density at radius 1 is 1.22 bits per heavy atom. The number of carbonyl (C=O) groups is 1. The second kappa shape index (κ2) is 4.33. The lowest BCUT2D eigenvalue weighted by Gasteiger charge is -2.45. The van der Waals surface area contributed by atoms with Gasteiger partial charge < -0.3 is 9.64 Å². The molecule has 3 heteroatoms. The van der Waals surface area contributed by atoms with Crippen LogP contribution in [0, 0.1) is 0 Å². The van der Waals surface area contributed by atoms with Gasteiger partial charge in [0.15, 0.2) is 5.78 Å². The standard InChI is InChI=1S/C20H17NO2/c1-2-12-21-16-9-5-7-14-18(16)20(11-10-17(21)23-20)15-8-4-3-6-13(15)19(14)22/h2-9,17H,1,10-12H2. The molecule has 0 aromatic heterocycles. The summed E-state index contributed by atoms with van der Waals surface area (Å²) in [5, 5.41) is 0. The Bertz CT molecular complexity index is 856. The van der Waals surface area contributed by atoms with Crippen LogP contribution in [0.2, 0.25) is 0 Å². The molecule has 0 radical (unpaired) electrons. The van der Waals surface area contributed by atoms with E-state index < -0.39 is 5.60 Å². The molecule has 0 amide bonds. The number of ketones is 1. The molecule has 1 saturated heterocycles. The molecule has 2 aliphatic heterocycles. The Kier molecular flexibility index (Phi) is 2.46. The minimum absolute atomic E-state index is 0.0528. The van der Waals surface area contributed by atoms with E-state index in [1.54, 1.807) is 0 Å². The maximum atomic E-state index is 13.0. The number of carbonyl (C=O) groups excluding carboxylic acids is 1. The largest absolute Gasteiger partial charge is 0.342 e. The van der Waals surface area contributed by atoms with Crippen LogP contribution >= 0.6 is 0 Å². The highest BCUT2D eigenvalue weighted by atomic mass is 16.5. The van der Waals surface area contributed by atoms with Crippen molar-refractivity contribution >= 4 is 11.5 Å². The van der Waals surface area contributed by atoms with Crippen molar-refractivity contribution in [2.45, 2.75) is 24.7 Å². The van der Waals surface area contributed by atoms with Gasteiger partial charge in [0.05, 0.1) is 0 Å². The number of fused-ring (bicyclic) bond motifs is 2. The molecule has 2 unspecified atom stereocenters. The first-order chi connectivity index (χ1) is 11.3. The fraction of sp³-hybridized carbons (Fsp3) is 0.250. The fourth-order valence-corrected chi connectivity index (χ4v) is 4.49. The van der Waals surface area contributed by atoms with Crippen LogP contribution in [0.1, 0.15) is 39.9 Å². The lowest BCUT2D eigenvalue weighted by molar-refractivity contribution is -0.0282. The van der Waals surface area contributed by atoms with Gasteiger partial charge in [-0.15, -0.1) is 6.58 Å². The van der Waals surface area contributed by atoms with Crippen LogP contribution in [0.25, 0.3) is 0 Å². The Balaban J connectivity index is 1.86. The SMILES string of the molecule is C=CCN1c2cccc3c2C2(CCC1O2)c1ccccc1C3=O. The Labute approximate surface area is 135 Å². The van der Waals surface area contributed by atoms with E-state index in [1.807, 2.05) is 36.4 Å². The van der Waals surface area contributed by atoms with Crippen molar-refractivity contribution in [2.24, 2.45) is 0 Å². The van der Waals surface area contributed by atoms with Gasteiger partial charge in [-0.25, -0.2) is 0 Å². The average molecular weight is 303 g/mol. The average Bonchev–Trinajstić information content (AvgIpc) is 2.98. The van der Waals surface area contributed by atoms with Crippen LogP contribution in [0.3, 0.4) is 0 Å². The number of nitrogens with zero attached hydrogens (tertiary/aromatic N) is 1. The van der Waals surface area contributed by atoms with Gasteiger partial charge in [-0.2, -0.15) is 0 Å². The van der Waals surface area contributed by atoms with Gasteiger partial charge in [-0.05, 0) is 24.5 Å². The van der Waals surface area contributed by atoms with E-state index in [1.165, 1.54) is 0 Å². The number of anilines is 1. The third kappa shape index (κ3) is 1.46. The van der Waals surface area contributed by atoms with Gasteiger partial charge in [0.25, 0.3) is 0 Å². The predicted molar refractivity (Wildman–Crippen MR) is 88.7 cm³/mol. The Morgan fingerprint density at radius 3 is 2.91 bits per heavy atom. The molecule has 2 atom stereocenters. The minimum atomic E-state index is -0.460. The number of benzene rings is 2. The van der Waals surface area contributed by atoms with Gasteiger partial charge in [-0.1, -0.05) is 42.5 Å². The van der Waals surface area contributed by atoms with Crippen LogP contribution in [0.5, 0.6) is 0 Å². The monoisotopic (exact) mass is 303 g/mol. The molecule has 3 aliphatic rings. The summed E-state index contributed by atoms with van der Waals surface area (Å²) >= 11 is 0. The maximum absolute atomic E-state index is 13.0. The van der Waals surface area contributed by atoms with Gasteiger partial charge in [0, 0.05) is 28.9 Å². The topological polar surface area (TPSA) is 29.5 Å². The van der Waals surface area contributed by atoms with E-state index in [-0.39, 0.29) is 12.0 Å². The zero-order valence-electron chi connectivity index (χ0n) is 12.8. The van der Waals surface area contributed by atoms with Crippen molar-refractivity contribution in [3.63, 3.8) is 0 Å². The van der Waals surface area contributed by atoms with Crippen molar-refractivity contribution < 1.29 is 9.53 Å². The van der Waals surface area contributed by atoms with Gasteiger partial charge >= 0.3 is 0 Å². The first-order valence-corrected chi connectivity index (χ1v) is 8.09. The quantitative estimate of drug-likeness (QED) is 0.794. The van der Waals surface area contributed by atoms with E-state index in [4.69, 9.17) is 4.74 Å². The third-order valence-electron chi connectivity index (χ3n) is 5.36. The number of hydrogen-bond acceptors (Lipinski definition) is 3. The van der Waals surface area contributed by atoms with E-state index in [0.29, 0.717) is 0 Å². The summed E-state index contributed by atoms with van der Waals surface area (Å²) in [6, 6.07) is 13.9. The van der Waals surface area contributed by atoms with Gasteiger partial charge in [0.1, 0.15) is 11.8 Å². The van der Waals surface area contributed by atoms with Crippen molar-refractivity contribution in [3.05, 3.63) is 77.4 Å². The Morgan fingerprint density at radius 2 is 2.04 bits per heavy atom. The summed E-state index contributed by atoms with van der Waals surface area (Å²) in [6.45, 7) is 4.60. The van der Waals surface area contributed by atoms with E-state index in [2.05, 4.69) is 23.6 Å². The normalized spacial score (nSPS) is 26.7. The van der Waals surface area contributed by atoms with Gasteiger partial charge in [0.2, 0.25) is 0 Å². The molecule has 0 N–H and O–H groups in total. The molecule has 5 rings (SSSR count). The predicted octanol–water partition coefficient (Wildman–Crippen LogP) is 3.62. The number of hydrogen-bond donors (Lipinski definition) is 0. The molecular formula is C20H17NO2. The highest BCUT2D eigenvalue weighted by molar-refractivity contribution is 6.14. The first kappa shape index (κ1) is 13.1. The lowest BCUT2D eigenvalue weighted by Crippen LogP contribution is -2.47. The molecule has 2 aromatic carbocycles. The molecule has 1 fully saturated rings. The zero-order valence-corrected chi connectivity index (χ0v) is 12.8. The molecule has 2 heterocycles. The summed E-state index contributed by atoms with van der Waals surface area (Å²) in [4.78, 5) is 15.2. The summed E-state index contributed by atoms with van der Waals surface area (Å²) in [5.74, 6) is 0.107. The molecule has 0 saturated carbocycles. The smallest absolute Gasteiger partial charge is 0.193 e. The molecule has 1 aliphatic carbocycles. The summed E-state index contributed by atoms with van der Waals surface area (Å²) < 4.78 is 6.56. The summed E-state index contributed by atoms with van der Waals surface area (Å²) in [7, 11) is 0. The van der Waals surface area contributed by atoms with Crippen molar-refractivity contribution in [2.75, 3.05) is 11.4 Å².